The van der Waals surface area contributed by atoms with Crippen LogP contribution in [0.25, 0.3) is 0 Å². The summed E-state index contributed by atoms with van der Waals surface area (Å²) in [5.74, 6) is 0.561. The summed E-state index contributed by atoms with van der Waals surface area (Å²) < 4.78 is 3.27. The van der Waals surface area contributed by atoms with Crippen LogP contribution in [-0.4, -0.2) is 0 Å². The zero-order chi connectivity index (χ0) is 9.30. The van der Waals surface area contributed by atoms with Gasteiger partial charge in [0, 0.05) is 13.4 Å². The number of halogens is 3. The maximum atomic E-state index is 3.49. The molecule has 0 radical (unpaired) electrons. The number of hydrogen-bond acceptors (Lipinski definition) is 0. The Hall–Kier alpha value is 0.660. The Morgan fingerprint density at radius 3 is 1.75 bits per heavy atom. The Morgan fingerprint density at radius 2 is 1.42 bits per heavy atom. The lowest BCUT2D eigenvalue weighted by molar-refractivity contribution is 0.864. The minimum absolute atomic E-state index is 0.561. The van der Waals surface area contributed by atoms with Crippen molar-refractivity contribution in [3.05, 3.63) is 31.1 Å². The normalized spacial score (nSPS) is 10.8. The van der Waals surface area contributed by atoms with Gasteiger partial charge in [-0.1, -0.05) is 13.8 Å². The predicted octanol–water partition coefficient (Wildman–Crippen LogP) is 5.10. The molecule has 0 nitrogen and oxygen atoms in total. The molecule has 0 N–H and O–H groups in total. The monoisotopic (exact) mass is 354 g/mol. The van der Waals surface area contributed by atoms with E-state index in [1.54, 1.807) is 0 Å². The first-order chi connectivity index (χ1) is 5.52. The lowest BCUT2D eigenvalue weighted by atomic mass is 10.0. The SMILES string of the molecule is CC(C)c1cc(Br)c(Br)c(Br)c1. The van der Waals surface area contributed by atoms with Crippen LogP contribution in [0.5, 0.6) is 0 Å². The zero-order valence-corrected chi connectivity index (χ0v) is 11.6. The van der Waals surface area contributed by atoms with Gasteiger partial charge in [-0.2, -0.15) is 0 Å². The lowest BCUT2D eigenvalue weighted by Gasteiger charge is -2.08. The summed E-state index contributed by atoms with van der Waals surface area (Å²) >= 11 is 10.4. The Labute approximate surface area is 98.1 Å². The van der Waals surface area contributed by atoms with Gasteiger partial charge in [0.25, 0.3) is 0 Å². The molecule has 12 heavy (non-hydrogen) atoms. The number of benzene rings is 1. The minimum atomic E-state index is 0.561. The molecule has 0 aliphatic carbocycles. The smallest absolute Gasteiger partial charge is 0.0459 e. The van der Waals surface area contributed by atoms with Gasteiger partial charge in [0.05, 0.1) is 0 Å². The lowest BCUT2D eigenvalue weighted by Crippen LogP contribution is -1.87. The third-order valence-corrected chi connectivity index (χ3v) is 4.84. The van der Waals surface area contributed by atoms with Crippen molar-refractivity contribution in [2.45, 2.75) is 19.8 Å². The summed E-state index contributed by atoms with van der Waals surface area (Å²) in [6, 6.07) is 4.28. The molecule has 0 spiro atoms. The van der Waals surface area contributed by atoms with Gasteiger partial charge < -0.3 is 0 Å². The molecule has 0 atom stereocenters. The molecule has 1 rings (SSSR count). The second-order valence-corrected chi connectivity index (χ2v) is 5.45. The molecule has 0 aromatic heterocycles. The number of rotatable bonds is 1. The van der Waals surface area contributed by atoms with Gasteiger partial charge in [-0.3, -0.25) is 0 Å². The van der Waals surface area contributed by atoms with E-state index in [-0.39, 0.29) is 0 Å². The molecule has 0 heterocycles. The van der Waals surface area contributed by atoms with Gasteiger partial charge >= 0.3 is 0 Å². The van der Waals surface area contributed by atoms with E-state index in [4.69, 9.17) is 0 Å². The van der Waals surface area contributed by atoms with Crippen LogP contribution < -0.4 is 0 Å². The maximum absolute atomic E-state index is 3.49. The van der Waals surface area contributed by atoms with Gasteiger partial charge in [-0.25, -0.2) is 0 Å². The van der Waals surface area contributed by atoms with E-state index in [0.29, 0.717) is 5.92 Å². The Bertz CT molecular complexity index is 269. The third kappa shape index (κ3) is 2.33. The van der Waals surface area contributed by atoms with Crippen molar-refractivity contribution in [1.82, 2.24) is 0 Å². The second kappa shape index (κ2) is 4.25. The molecular weight excluding hydrogens is 348 g/mol. The molecule has 0 bridgehead atoms. The van der Waals surface area contributed by atoms with E-state index < -0.39 is 0 Å². The van der Waals surface area contributed by atoms with Crippen LogP contribution in [0.2, 0.25) is 0 Å². The average molecular weight is 357 g/mol. The van der Waals surface area contributed by atoms with Crippen LogP contribution in [0.1, 0.15) is 25.3 Å². The summed E-state index contributed by atoms with van der Waals surface area (Å²) in [4.78, 5) is 0. The van der Waals surface area contributed by atoms with Gasteiger partial charge in [0.1, 0.15) is 0 Å². The summed E-state index contributed by atoms with van der Waals surface area (Å²) in [6.45, 7) is 4.37. The van der Waals surface area contributed by atoms with Crippen LogP contribution in [0.15, 0.2) is 25.6 Å². The van der Waals surface area contributed by atoms with Crippen molar-refractivity contribution in [2.75, 3.05) is 0 Å². The van der Waals surface area contributed by atoms with Crippen LogP contribution >= 0.6 is 47.8 Å². The first-order valence-corrected chi connectivity index (χ1v) is 6.04. The highest BCUT2D eigenvalue weighted by Gasteiger charge is 2.06. The maximum Gasteiger partial charge on any atom is 0.0459 e. The minimum Gasteiger partial charge on any atom is -0.0587 e. The summed E-state index contributed by atoms with van der Waals surface area (Å²) in [5, 5.41) is 0. The van der Waals surface area contributed by atoms with Gasteiger partial charge in [-0.15, -0.1) is 0 Å². The fraction of sp³-hybridized carbons (Fsp3) is 0.333. The average Bonchev–Trinajstić information content (AvgIpc) is 1.99. The first-order valence-electron chi connectivity index (χ1n) is 3.67. The molecular formula is C9H9Br3. The molecule has 1 aromatic rings. The fourth-order valence-electron chi connectivity index (χ4n) is 0.908. The van der Waals surface area contributed by atoms with Crippen molar-refractivity contribution in [3.8, 4) is 0 Å². The van der Waals surface area contributed by atoms with Crippen molar-refractivity contribution < 1.29 is 0 Å². The fourth-order valence-corrected chi connectivity index (χ4v) is 2.36. The zero-order valence-electron chi connectivity index (χ0n) is 6.87. The standard InChI is InChI=1S/C9H9Br3/c1-5(2)6-3-7(10)9(12)8(11)4-6/h3-5H,1-2H3. The Morgan fingerprint density at radius 1 is 1.00 bits per heavy atom. The highest BCUT2D eigenvalue weighted by atomic mass is 79.9. The molecule has 0 saturated carbocycles. The van der Waals surface area contributed by atoms with Gasteiger partial charge in [-0.05, 0) is 71.4 Å². The highest BCUT2D eigenvalue weighted by molar-refractivity contribution is 9.14. The number of hydrogen-bond donors (Lipinski definition) is 0. The quantitative estimate of drug-likeness (QED) is 0.614. The summed E-state index contributed by atoms with van der Waals surface area (Å²) in [5.41, 5.74) is 1.33. The van der Waals surface area contributed by atoms with Crippen molar-refractivity contribution in [2.24, 2.45) is 0 Å². The molecule has 1 aromatic carbocycles. The summed E-state index contributed by atoms with van der Waals surface area (Å²) in [7, 11) is 0. The molecule has 0 aliphatic rings. The van der Waals surface area contributed by atoms with Crippen molar-refractivity contribution in [3.63, 3.8) is 0 Å². The second-order valence-electron chi connectivity index (χ2n) is 2.95. The van der Waals surface area contributed by atoms with Crippen LogP contribution in [0.3, 0.4) is 0 Å². The molecule has 0 aliphatic heterocycles. The molecule has 0 fully saturated rings. The predicted molar refractivity (Wildman–Crippen MR) is 63.6 cm³/mol. The van der Waals surface area contributed by atoms with Crippen molar-refractivity contribution in [1.29, 1.82) is 0 Å². The van der Waals surface area contributed by atoms with E-state index in [2.05, 4.69) is 73.8 Å². The van der Waals surface area contributed by atoms with Crippen LogP contribution in [0, 0.1) is 0 Å². The molecule has 0 saturated heterocycles. The van der Waals surface area contributed by atoms with E-state index >= 15 is 0 Å². The Kier molecular flexibility index (Phi) is 3.80. The molecule has 0 unspecified atom stereocenters. The van der Waals surface area contributed by atoms with E-state index in [9.17, 15) is 0 Å². The van der Waals surface area contributed by atoms with Crippen LogP contribution in [0.4, 0.5) is 0 Å². The van der Waals surface area contributed by atoms with E-state index in [1.807, 2.05) is 0 Å². The van der Waals surface area contributed by atoms with Crippen molar-refractivity contribution >= 4 is 47.8 Å². The van der Waals surface area contributed by atoms with E-state index in [0.717, 1.165) is 13.4 Å². The Balaban J connectivity index is 3.21. The molecule has 0 amide bonds. The van der Waals surface area contributed by atoms with Crippen LogP contribution in [-0.2, 0) is 0 Å². The first kappa shape index (κ1) is 10.7. The summed E-state index contributed by atoms with van der Waals surface area (Å²) in [6.07, 6.45) is 0. The topological polar surface area (TPSA) is 0 Å². The molecule has 66 valence electrons. The van der Waals surface area contributed by atoms with Gasteiger partial charge in [0.15, 0.2) is 0 Å². The van der Waals surface area contributed by atoms with E-state index in [1.165, 1.54) is 5.56 Å². The third-order valence-electron chi connectivity index (χ3n) is 1.67. The largest absolute Gasteiger partial charge is 0.0587 e. The highest BCUT2D eigenvalue weighted by Crippen LogP contribution is 2.34. The molecule has 3 heteroatoms. The van der Waals surface area contributed by atoms with Gasteiger partial charge in [0.2, 0.25) is 0 Å².